The molecule has 0 bridgehead atoms. The van der Waals surface area contributed by atoms with E-state index in [-0.39, 0.29) is 12.1 Å². The van der Waals surface area contributed by atoms with Crippen LogP contribution in [-0.4, -0.2) is 19.6 Å². The van der Waals surface area contributed by atoms with Gasteiger partial charge in [0.1, 0.15) is 5.76 Å². The zero-order valence-corrected chi connectivity index (χ0v) is 18.7. The summed E-state index contributed by atoms with van der Waals surface area (Å²) in [5.41, 5.74) is 3.21. The van der Waals surface area contributed by atoms with E-state index in [4.69, 9.17) is 16.6 Å². The van der Waals surface area contributed by atoms with E-state index in [2.05, 4.69) is 80.6 Å². The third kappa shape index (κ3) is 3.58. The molecule has 0 spiro atoms. The van der Waals surface area contributed by atoms with Gasteiger partial charge in [0.15, 0.2) is 5.11 Å². The number of benzene rings is 2. The van der Waals surface area contributed by atoms with Crippen molar-refractivity contribution < 1.29 is 4.42 Å². The van der Waals surface area contributed by atoms with Crippen LogP contribution in [-0.2, 0) is 6.54 Å². The van der Waals surface area contributed by atoms with Gasteiger partial charge >= 0.3 is 0 Å². The Labute approximate surface area is 197 Å². The number of rotatable bonds is 5. The molecule has 1 N–H and O–H groups in total. The van der Waals surface area contributed by atoms with E-state index in [0.717, 1.165) is 22.8 Å². The SMILES string of the molecule is S=C1N[C@H](c2ccccn2)[C@@H](c2cccn2-c2ccc3ccccc3c2)N1Cc1ccco1. The van der Waals surface area contributed by atoms with Gasteiger partial charge in [-0.3, -0.25) is 4.98 Å². The summed E-state index contributed by atoms with van der Waals surface area (Å²) in [7, 11) is 0. The third-order valence-corrected chi connectivity index (χ3v) is 6.55. The number of thiocarbonyl (C=S) groups is 1. The normalized spacial score (nSPS) is 18.1. The molecule has 0 aliphatic carbocycles. The van der Waals surface area contributed by atoms with Crippen LogP contribution in [0.2, 0.25) is 0 Å². The van der Waals surface area contributed by atoms with Crippen LogP contribution in [0.1, 0.15) is 29.2 Å². The van der Waals surface area contributed by atoms with E-state index >= 15 is 0 Å². The lowest BCUT2D eigenvalue weighted by Gasteiger charge is -2.28. The van der Waals surface area contributed by atoms with E-state index in [0.29, 0.717) is 11.7 Å². The molecule has 6 heteroatoms. The third-order valence-electron chi connectivity index (χ3n) is 6.20. The van der Waals surface area contributed by atoms with Crippen LogP contribution < -0.4 is 5.32 Å². The van der Waals surface area contributed by atoms with E-state index in [9.17, 15) is 0 Å². The Kier molecular flexibility index (Phi) is 4.92. The smallest absolute Gasteiger partial charge is 0.170 e. The Hall–Kier alpha value is -3.90. The van der Waals surface area contributed by atoms with Crippen molar-refractivity contribution in [2.45, 2.75) is 18.6 Å². The van der Waals surface area contributed by atoms with Gasteiger partial charge in [0.05, 0.1) is 30.6 Å². The molecule has 1 aliphatic heterocycles. The van der Waals surface area contributed by atoms with Crippen molar-refractivity contribution in [2.75, 3.05) is 0 Å². The van der Waals surface area contributed by atoms with Crippen molar-refractivity contribution in [1.29, 1.82) is 0 Å². The molecular weight excluding hydrogens is 428 g/mol. The minimum Gasteiger partial charge on any atom is -0.467 e. The van der Waals surface area contributed by atoms with Gasteiger partial charge < -0.3 is 19.2 Å². The Morgan fingerprint density at radius 2 is 1.79 bits per heavy atom. The predicted molar refractivity (Wildman–Crippen MR) is 133 cm³/mol. The van der Waals surface area contributed by atoms with E-state index in [1.807, 2.05) is 36.5 Å². The lowest BCUT2D eigenvalue weighted by atomic mass is 10.0. The van der Waals surface area contributed by atoms with Crippen LogP contribution >= 0.6 is 12.2 Å². The monoisotopic (exact) mass is 450 g/mol. The van der Waals surface area contributed by atoms with E-state index < -0.39 is 0 Å². The molecule has 3 aromatic heterocycles. The molecule has 33 heavy (non-hydrogen) atoms. The van der Waals surface area contributed by atoms with Crippen molar-refractivity contribution in [3.63, 3.8) is 0 Å². The van der Waals surface area contributed by atoms with Gasteiger partial charge in [-0.25, -0.2) is 0 Å². The van der Waals surface area contributed by atoms with Crippen molar-refractivity contribution in [3.8, 4) is 5.69 Å². The summed E-state index contributed by atoms with van der Waals surface area (Å²) in [5.74, 6) is 0.870. The molecule has 0 amide bonds. The van der Waals surface area contributed by atoms with Crippen molar-refractivity contribution in [3.05, 3.63) is 121 Å². The van der Waals surface area contributed by atoms with Gasteiger partial charge in [-0.2, -0.15) is 0 Å². The fourth-order valence-electron chi connectivity index (χ4n) is 4.66. The van der Waals surface area contributed by atoms with Gasteiger partial charge in [0.25, 0.3) is 0 Å². The highest BCUT2D eigenvalue weighted by Crippen LogP contribution is 2.40. The molecule has 5 nitrogen and oxygen atoms in total. The maximum Gasteiger partial charge on any atom is 0.170 e. The second-order valence-corrected chi connectivity index (χ2v) is 8.56. The van der Waals surface area contributed by atoms with Crippen molar-refractivity contribution in [1.82, 2.24) is 19.8 Å². The molecule has 162 valence electrons. The zero-order valence-electron chi connectivity index (χ0n) is 17.8. The Bertz CT molecular complexity index is 1410. The molecule has 6 rings (SSSR count). The van der Waals surface area contributed by atoms with Gasteiger partial charge in [-0.05, 0) is 71.5 Å². The molecule has 2 atom stereocenters. The number of furan rings is 1. The summed E-state index contributed by atoms with van der Waals surface area (Å²) in [5, 5.41) is 6.65. The standard InChI is InChI=1S/C27H22N4OS/c33-27-29-25(23-10-3-4-14-28-23)26(31(27)18-22-9-6-16-32-22)24-11-5-15-30(24)21-13-12-19-7-1-2-8-20(19)17-21/h1-17,25-26H,18H2,(H,29,33)/t25-,26-/m1/s1. The molecule has 0 unspecified atom stereocenters. The summed E-state index contributed by atoms with van der Waals surface area (Å²) < 4.78 is 7.91. The molecule has 0 saturated carbocycles. The van der Waals surface area contributed by atoms with E-state index in [1.165, 1.54) is 10.8 Å². The van der Waals surface area contributed by atoms with Crippen LogP contribution in [0.4, 0.5) is 0 Å². The van der Waals surface area contributed by atoms with Gasteiger partial charge in [-0.15, -0.1) is 0 Å². The summed E-state index contributed by atoms with van der Waals surface area (Å²) in [6, 6.07) is 29.0. The van der Waals surface area contributed by atoms with Crippen LogP contribution in [0.5, 0.6) is 0 Å². The first-order valence-electron chi connectivity index (χ1n) is 10.9. The lowest BCUT2D eigenvalue weighted by Crippen LogP contribution is -2.29. The van der Waals surface area contributed by atoms with Crippen molar-refractivity contribution >= 4 is 28.1 Å². The average Bonchev–Trinajstić information content (AvgIpc) is 3.61. The largest absolute Gasteiger partial charge is 0.467 e. The molecule has 1 saturated heterocycles. The molecule has 2 aromatic carbocycles. The number of aromatic nitrogens is 2. The fraction of sp³-hybridized carbons (Fsp3) is 0.111. The number of hydrogen-bond acceptors (Lipinski definition) is 3. The first kappa shape index (κ1) is 19.8. The van der Waals surface area contributed by atoms with Gasteiger partial charge in [0, 0.05) is 23.8 Å². The quantitative estimate of drug-likeness (QED) is 0.343. The molecule has 5 aromatic rings. The molecular formula is C27H22N4OS. The molecule has 1 fully saturated rings. The first-order valence-corrected chi connectivity index (χ1v) is 11.4. The van der Waals surface area contributed by atoms with Crippen LogP contribution in [0.3, 0.4) is 0 Å². The number of pyridine rings is 1. The first-order chi connectivity index (χ1) is 16.3. The topological polar surface area (TPSA) is 46.2 Å². The maximum absolute atomic E-state index is 5.80. The minimum absolute atomic E-state index is 0.0565. The van der Waals surface area contributed by atoms with Crippen LogP contribution in [0, 0.1) is 0 Å². The Morgan fingerprint density at radius 1 is 0.909 bits per heavy atom. The summed E-state index contributed by atoms with van der Waals surface area (Å²) in [6.07, 6.45) is 5.64. The maximum atomic E-state index is 5.80. The lowest BCUT2D eigenvalue weighted by molar-refractivity contribution is 0.280. The fourth-order valence-corrected chi connectivity index (χ4v) is 4.97. The summed E-state index contributed by atoms with van der Waals surface area (Å²) in [6.45, 7) is 0.579. The Morgan fingerprint density at radius 3 is 2.61 bits per heavy atom. The number of nitrogens with one attached hydrogen (secondary N) is 1. The molecule has 0 radical (unpaired) electrons. The highest BCUT2D eigenvalue weighted by molar-refractivity contribution is 7.80. The highest BCUT2D eigenvalue weighted by Gasteiger charge is 2.41. The van der Waals surface area contributed by atoms with Gasteiger partial charge in [-0.1, -0.05) is 36.4 Å². The Balaban J connectivity index is 1.46. The highest BCUT2D eigenvalue weighted by atomic mass is 32.1. The second-order valence-electron chi connectivity index (χ2n) is 8.17. The number of fused-ring (bicyclic) bond motifs is 1. The number of hydrogen-bond donors (Lipinski definition) is 1. The molecule has 4 heterocycles. The van der Waals surface area contributed by atoms with Crippen LogP contribution in [0.25, 0.3) is 16.5 Å². The number of nitrogens with zero attached hydrogens (tertiary/aromatic N) is 3. The summed E-state index contributed by atoms with van der Waals surface area (Å²) in [4.78, 5) is 6.84. The van der Waals surface area contributed by atoms with Crippen molar-refractivity contribution in [2.24, 2.45) is 0 Å². The van der Waals surface area contributed by atoms with E-state index in [1.54, 1.807) is 6.26 Å². The minimum atomic E-state index is -0.0808. The zero-order chi connectivity index (χ0) is 22.2. The molecule has 1 aliphatic rings. The summed E-state index contributed by atoms with van der Waals surface area (Å²) >= 11 is 5.80. The average molecular weight is 451 g/mol. The van der Waals surface area contributed by atoms with Crippen LogP contribution in [0.15, 0.2) is 108 Å². The van der Waals surface area contributed by atoms with Gasteiger partial charge in [0.2, 0.25) is 0 Å². The predicted octanol–water partition coefficient (Wildman–Crippen LogP) is 5.79. The second kappa shape index (κ2) is 8.22.